The fourth-order valence-corrected chi connectivity index (χ4v) is 7.63. The van der Waals surface area contributed by atoms with Crippen LogP contribution in [0.25, 0.3) is 0 Å². The number of fused-ring (bicyclic) bond motifs is 2. The third kappa shape index (κ3) is 1.44. The average molecular weight is 272 g/mol. The summed E-state index contributed by atoms with van der Waals surface area (Å²) < 4.78 is 0. The van der Waals surface area contributed by atoms with Crippen molar-refractivity contribution in [3.63, 3.8) is 0 Å². The Morgan fingerprint density at radius 3 is 2.60 bits per heavy atom. The van der Waals surface area contributed by atoms with E-state index in [0.29, 0.717) is 16.2 Å². The van der Waals surface area contributed by atoms with Crippen molar-refractivity contribution in [2.75, 3.05) is 0 Å². The first kappa shape index (κ1) is 13.4. The molecule has 0 unspecified atom stereocenters. The Kier molecular flexibility index (Phi) is 2.63. The van der Waals surface area contributed by atoms with E-state index in [9.17, 15) is 0 Å². The lowest BCUT2D eigenvalue weighted by Gasteiger charge is -2.66. The minimum Gasteiger partial charge on any atom is -0.0996 e. The second kappa shape index (κ2) is 3.93. The lowest BCUT2D eigenvalue weighted by Crippen LogP contribution is -2.58. The first-order valence-corrected chi connectivity index (χ1v) is 9.07. The number of rotatable bonds is 0. The van der Waals surface area contributed by atoms with Gasteiger partial charge in [0, 0.05) is 0 Å². The van der Waals surface area contributed by atoms with E-state index in [1.165, 1.54) is 57.8 Å². The molecule has 0 heteroatoms. The predicted octanol–water partition coefficient (Wildman–Crippen LogP) is 5.98. The topological polar surface area (TPSA) is 0 Å². The predicted molar refractivity (Wildman–Crippen MR) is 85.5 cm³/mol. The molecule has 0 saturated heterocycles. The minimum absolute atomic E-state index is 0.583. The molecule has 4 aliphatic carbocycles. The standard InChI is InChI=1S/C20H32/c1-14-12-16-6-7-17-18(2,3)9-5-10-19(17,4)20(16)11-8-15(14)13-20/h15-17H,1,5-13H2,2-4H3/t15-,16-,17-,19-,20-/m0/s1. The Balaban J connectivity index is 1.79. The highest BCUT2D eigenvalue weighted by atomic mass is 14.7. The molecular formula is C20H32. The molecule has 4 rings (SSSR count). The van der Waals surface area contributed by atoms with E-state index in [0.717, 1.165) is 17.8 Å². The molecule has 0 aromatic heterocycles. The highest BCUT2D eigenvalue weighted by molar-refractivity contribution is 5.22. The summed E-state index contributed by atoms with van der Waals surface area (Å²) in [6.07, 6.45) is 13.3. The molecule has 0 N–H and O–H groups in total. The summed E-state index contributed by atoms with van der Waals surface area (Å²) in [5.74, 6) is 2.83. The van der Waals surface area contributed by atoms with Gasteiger partial charge < -0.3 is 0 Å². The molecule has 0 aromatic rings. The van der Waals surface area contributed by atoms with Crippen LogP contribution < -0.4 is 0 Å². The van der Waals surface area contributed by atoms with Crippen LogP contribution in [0.1, 0.15) is 78.6 Å². The van der Waals surface area contributed by atoms with Gasteiger partial charge in [-0.25, -0.2) is 0 Å². The highest BCUT2D eigenvalue weighted by Gasteiger charge is 2.65. The van der Waals surface area contributed by atoms with Gasteiger partial charge in [0.2, 0.25) is 0 Å². The molecule has 112 valence electrons. The molecular weight excluding hydrogens is 240 g/mol. The van der Waals surface area contributed by atoms with E-state index in [1.807, 2.05) is 0 Å². The molecule has 5 atom stereocenters. The van der Waals surface area contributed by atoms with E-state index >= 15 is 0 Å². The van der Waals surface area contributed by atoms with E-state index < -0.39 is 0 Å². The smallest absolute Gasteiger partial charge is 0.0200 e. The molecule has 4 fully saturated rings. The van der Waals surface area contributed by atoms with Gasteiger partial charge in [-0.3, -0.25) is 0 Å². The molecule has 2 bridgehead atoms. The van der Waals surface area contributed by atoms with Crippen LogP contribution in [0.5, 0.6) is 0 Å². The summed E-state index contributed by atoms with van der Waals surface area (Å²) >= 11 is 0. The molecule has 0 heterocycles. The summed E-state index contributed by atoms with van der Waals surface area (Å²) in [4.78, 5) is 0. The molecule has 0 aliphatic heterocycles. The SMILES string of the molecule is C=C1C[C@@H]2CC[C@H]3C(C)(C)CCC[C@]3(C)[C@]23CC[C@H]1C3. The Morgan fingerprint density at radius 1 is 1.00 bits per heavy atom. The van der Waals surface area contributed by atoms with Crippen LogP contribution in [0, 0.1) is 34.0 Å². The maximum absolute atomic E-state index is 4.44. The van der Waals surface area contributed by atoms with E-state index in [2.05, 4.69) is 27.4 Å². The van der Waals surface area contributed by atoms with Crippen LogP contribution in [0.4, 0.5) is 0 Å². The van der Waals surface area contributed by atoms with Crippen LogP contribution in [0.2, 0.25) is 0 Å². The number of hydrogen-bond donors (Lipinski definition) is 0. The van der Waals surface area contributed by atoms with Gasteiger partial charge in [0.1, 0.15) is 0 Å². The highest BCUT2D eigenvalue weighted by Crippen LogP contribution is 2.74. The van der Waals surface area contributed by atoms with Gasteiger partial charge in [-0.2, -0.15) is 0 Å². The molecule has 0 aromatic carbocycles. The molecule has 4 saturated carbocycles. The molecule has 1 spiro atoms. The van der Waals surface area contributed by atoms with Gasteiger partial charge in [-0.05, 0) is 85.4 Å². The summed E-state index contributed by atoms with van der Waals surface area (Å²) in [6.45, 7) is 12.3. The molecule has 0 radical (unpaired) electrons. The van der Waals surface area contributed by atoms with Crippen LogP contribution in [-0.4, -0.2) is 0 Å². The third-order valence-electron chi connectivity index (χ3n) is 8.59. The van der Waals surface area contributed by atoms with Crippen molar-refractivity contribution in [2.45, 2.75) is 78.6 Å². The van der Waals surface area contributed by atoms with Crippen LogP contribution in [-0.2, 0) is 0 Å². The quantitative estimate of drug-likeness (QED) is 0.476. The zero-order valence-electron chi connectivity index (χ0n) is 13.8. The summed E-state index contributed by atoms with van der Waals surface area (Å²) in [5.41, 5.74) is 3.52. The lowest BCUT2D eigenvalue weighted by molar-refractivity contribution is -0.162. The summed E-state index contributed by atoms with van der Waals surface area (Å²) in [5, 5.41) is 0. The Labute approximate surface area is 125 Å². The number of allylic oxidation sites excluding steroid dienone is 1. The van der Waals surface area contributed by atoms with Crippen LogP contribution >= 0.6 is 0 Å². The van der Waals surface area contributed by atoms with Gasteiger partial charge in [0.15, 0.2) is 0 Å². The number of hydrogen-bond acceptors (Lipinski definition) is 0. The molecule has 4 aliphatic rings. The third-order valence-corrected chi connectivity index (χ3v) is 8.59. The first-order valence-electron chi connectivity index (χ1n) is 9.07. The van der Waals surface area contributed by atoms with Gasteiger partial charge in [0.25, 0.3) is 0 Å². The van der Waals surface area contributed by atoms with Crippen LogP contribution in [0.15, 0.2) is 12.2 Å². The van der Waals surface area contributed by atoms with Gasteiger partial charge in [-0.1, -0.05) is 39.3 Å². The largest absolute Gasteiger partial charge is 0.0996 e. The normalized spacial score (nSPS) is 53.4. The fraction of sp³-hybridized carbons (Fsp3) is 0.900. The minimum atomic E-state index is 0.583. The van der Waals surface area contributed by atoms with Crippen molar-refractivity contribution < 1.29 is 0 Å². The fourth-order valence-electron chi connectivity index (χ4n) is 7.63. The van der Waals surface area contributed by atoms with Gasteiger partial charge >= 0.3 is 0 Å². The molecule has 0 nitrogen and oxygen atoms in total. The second-order valence-electron chi connectivity index (χ2n) is 9.54. The van der Waals surface area contributed by atoms with E-state index in [4.69, 9.17) is 0 Å². The van der Waals surface area contributed by atoms with Crippen molar-refractivity contribution in [3.8, 4) is 0 Å². The van der Waals surface area contributed by atoms with Crippen molar-refractivity contribution in [1.29, 1.82) is 0 Å². The van der Waals surface area contributed by atoms with Crippen molar-refractivity contribution in [2.24, 2.45) is 34.0 Å². The van der Waals surface area contributed by atoms with Crippen molar-refractivity contribution in [3.05, 3.63) is 12.2 Å². The van der Waals surface area contributed by atoms with Crippen molar-refractivity contribution in [1.82, 2.24) is 0 Å². The zero-order valence-corrected chi connectivity index (χ0v) is 13.8. The summed E-state index contributed by atoms with van der Waals surface area (Å²) in [6, 6.07) is 0. The second-order valence-corrected chi connectivity index (χ2v) is 9.54. The van der Waals surface area contributed by atoms with E-state index in [-0.39, 0.29) is 0 Å². The van der Waals surface area contributed by atoms with E-state index in [1.54, 1.807) is 5.57 Å². The maximum Gasteiger partial charge on any atom is -0.0200 e. The Morgan fingerprint density at radius 2 is 1.80 bits per heavy atom. The van der Waals surface area contributed by atoms with Crippen LogP contribution in [0.3, 0.4) is 0 Å². The van der Waals surface area contributed by atoms with Crippen molar-refractivity contribution >= 4 is 0 Å². The molecule has 0 amide bonds. The summed E-state index contributed by atoms with van der Waals surface area (Å²) in [7, 11) is 0. The Hall–Kier alpha value is -0.260. The van der Waals surface area contributed by atoms with Gasteiger partial charge in [0.05, 0.1) is 0 Å². The maximum atomic E-state index is 4.44. The average Bonchev–Trinajstić information content (AvgIpc) is 2.75. The first-order chi connectivity index (χ1) is 9.39. The lowest BCUT2D eigenvalue weighted by atomic mass is 9.39. The molecule has 20 heavy (non-hydrogen) atoms. The zero-order chi connectivity index (χ0) is 14.2. The monoisotopic (exact) mass is 272 g/mol. The van der Waals surface area contributed by atoms with Gasteiger partial charge in [-0.15, -0.1) is 0 Å². The Bertz CT molecular complexity index is 445.